The van der Waals surface area contributed by atoms with Gasteiger partial charge in [-0.3, -0.25) is 4.57 Å². The van der Waals surface area contributed by atoms with Gasteiger partial charge in [0.15, 0.2) is 5.82 Å². The van der Waals surface area contributed by atoms with Crippen molar-refractivity contribution in [3.05, 3.63) is 46.3 Å². The molecule has 0 bridgehead atoms. The fourth-order valence-corrected chi connectivity index (χ4v) is 3.99. The summed E-state index contributed by atoms with van der Waals surface area (Å²) in [5.41, 5.74) is 0.627. The van der Waals surface area contributed by atoms with Crippen LogP contribution in [0.4, 0.5) is 0 Å². The number of sulfonamides is 1. The highest BCUT2D eigenvalue weighted by Gasteiger charge is 2.24. The SMILES string of the molecule is NS(=O)(=O)c1nnc(-c2sccc2Br)n1-c1ccccc1. The minimum Gasteiger partial charge on any atom is -0.264 e. The van der Waals surface area contributed by atoms with Crippen LogP contribution in [0.25, 0.3) is 16.4 Å². The fraction of sp³-hybridized carbons (Fsp3) is 0. The largest absolute Gasteiger partial charge is 0.274 e. The number of benzene rings is 1. The summed E-state index contributed by atoms with van der Waals surface area (Å²) in [5.74, 6) is 0.423. The van der Waals surface area contributed by atoms with E-state index in [0.29, 0.717) is 11.5 Å². The van der Waals surface area contributed by atoms with E-state index in [4.69, 9.17) is 5.14 Å². The molecule has 3 aromatic rings. The molecule has 2 N–H and O–H groups in total. The van der Waals surface area contributed by atoms with Gasteiger partial charge in [0, 0.05) is 10.2 Å². The van der Waals surface area contributed by atoms with Crippen LogP contribution in [0.1, 0.15) is 0 Å². The van der Waals surface area contributed by atoms with Crippen LogP contribution in [0.5, 0.6) is 0 Å². The summed E-state index contributed by atoms with van der Waals surface area (Å²) in [6.07, 6.45) is 0. The quantitative estimate of drug-likeness (QED) is 0.750. The van der Waals surface area contributed by atoms with Gasteiger partial charge in [-0.25, -0.2) is 13.6 Å². The third-order valence-corrected chi connectivity index (χ3v) is 5.33. The Labute approximate surface area is 133 Å². The minimum absolute atomic E-state index is 0.288. The Morgan fingerprint density at radius 2 is 1.86 bits per heavy atom. The van der Waals surface area contributed by atoms with Gasteiger partial charge in [0.25, 0.3) is 15.2 Å². The van der Waals surface area contributed by atoms with Crippen molar-refractivity contribution in [2.24, 2.45) is 5.14 Å². The highest BCUT2D eigenvalue weighted by Crippen LogP contribution is 2.34. The van der Waals surface area contributed by atoms with Crippen LogP contribution < -0.4 is 5.14 Å². The van der Waals surface area contributed by atoms with Crippen molar-refractivity contribution >= 4 is 37.3 Å². The second-order valence-corrected chi connectivity index (χ2v) is 7.35. The monoisotopic (exact) mass is 384 g/mol. The first-order valence-corrected chi connectivity index (χ1v) is 8.97. The predicted molar refractivity (Wildman–Crippen MR) is 83.7 cm³/mol. The molecule has 2 aromatic heterocycles. The summed E-state index contributed by atoms with van der Waals surface area (Å²) in [4.78, 5) is 0.779. The molecular formula is C12H9BrN4O2S2. The number of para-hydroxylation sites is 1. The zero-order valence-corrected chi connectivity index (χ0v) is 13.7. The van der Waals surface area contributed by atoms with Crippen molar-refractivity contribution in [2.45, 2.75) is 5.16 Å². The first kappa shape index (κ1) is 14.4. The summed E-state index contributed by atoms with van der Waals surface area (Å²) in [6.45, 7) is 0. The lowest BCUT2D eigenvalue weighted by atomic mass is 10.3. The lowest BCUT2D eigenvalue weighted by molar-refractivity contribution is 0.585. The van der Waals surface area contributed by atoms with Gasteiger partial charge in [0.2, 0.25) is 0 Å². The molecule has 21 heavy (non-hydrogen) atoms. The topological polar surface area (TPSA) is 90.9 Å². The average molecular weight is 385 g/mol. The third-order valence-electron chi connectivity index (χ3n) is 2.72. The first-order valence-electron chi connectivity index (χ1n) is 5.75. The Kier molecular flexibility index (Phi) is 3.66. The molecule has 0 atom stereocenters. The molecule has 0 fully saturated rings. The van der Waals surface area contributed by atoms with E-state index in [1.807, 2.05) is 17.5 Å². The molecular weight excluding hydrogens is 376 g/mol. The molecule has 0 spiro atoms. The standard InChI is InChI=1S/C12H9BrN4O2S2/c13-9-6-7-20-10(9)11-15-16-12(21(14,18)19)17(11)8-4-2-1-3-5-8/h1-7H,(H2,14,18,19). The molecule has 2 heterocycles. The van der Waals surface area contributed by atoms with Crippen LogP contribution in [0.15, 0.2) is 51.4 Å². The number of halogens is 1. The molecule has 0 aliphatic heterocycles. The zero-order valence-electron chi connectivity index (χ0n) is 10.5. The molecule has 0 unspecified atom stereocenters. The van der Waals surface area contributed by atoms with Crippen molar-refractivity contribution in [1.82, 2.24) is 14.8 Å². The van der Waals surface area contributed by atoms with Crippen LogP contribution in [0.2, 0.25) is 0 Å². The summed E-state index contributed by atoms with van der Waals surface area (Å²) in [6, 6.07) is 10.8. The van der Waals surface area contributed by atoms with Crippen LogP contribution >= 0.6 is 27.3 Å². The van der Waals surface area contributed by atoms with Crippen molar-refractivity contribution in [1.29, 1.82) is 0 Å². The lowest BCUT2D eigenvalue weighted by Gasteiger charge is -2.08. The van der Waals surface area contributed by atoms with Crippen LogP contribution in [0, 0.1) is 0 Å². The summed E-state index contributed by atoms with van der Waals surface area (Å²) >= 11 is 4.85. The number of aromatic nitrogens is 3. The van der Waals surface area contributed by atoms with E-state index < -0.39 is 10.0 Å². The molecule has 9 heteroatoms. The van der Waals surface area contributed by atoms with Gasteiger partial charge >= 0.3 is 0 Å². The molecule has 0 amide bonds. The molecule has 6 nitrogen and oxygen atoms in total. The minimum atomic E-state index is -3.99. The normalized spacial score (nSPS) is 11.7. The van der Waals surface area contributed by atoms with Gasteiger partial charge < -0.3 is 0 Å². The maximum Gasteiger partial charge on any atom is 0.274 e. The van der Waals surface area contributed by atoms with Crippen LogP contribution in [-0.2, 0) is 10.0 Å². The molecule has 0 aliphatic carbocycles. The molecule has 0 aliphatic rings. The predicted octanol–water partition coefficient (Wildman–Crippen LogP) is 2.41. The number of thiophene rings is 1. The van der Waals surface area contributed by atoms with E-state index >= 15 is 0 Å². The molecule has 3 rings (SSSR count). The number of nitrogens with zero attached hydrogens (tertiary/aromatic N) is 3. The van der Waals surface area contributed by atoms with E-state index in [2.05, 4.69) is 26.1 Å². The number of nitrogens with two attached hydrogens (primary N) is 1. The Hall–Kier alpha value is -1.55. The number of primary sulfonamides is 1. The fourth-order valence-electron chi connectivity index (χ4n) is 1.86. The molecule has 0 saturated heterocycles. The molecule has 0 saturated carbocycles. The molecule has 0 radical (unpaired) electrons. The van der Waals surface area contributed by atoms with Gasteiger partial charge in [-0.1, -0.05) is 18.2 Å². The smallest absolute Gasteiger partial charge is 0.264 e. The van der Waals surface area contributed by atoms with Gasteiger partial charge in [-0.15, -0.1) is 21.5 Å². The number of hydrogen-bond acceptors (Lipinski definition) is 5. The van der Waals surface area contributed by atoms with Crippen molar-refractivity contribution in [2.75, 3.05) is 0 Å². The lowest BCUT2D eigenvalue weighted by Crippen LogP contribution is -2.18. The van der Waals surface area contributed by atoms with E-state index in [-0.39, 0.29) is 5.16 Å². The Bertz CT molecular complexity index is 887. The van der Waals surface area contributed by atoms with Crippen molar-refractivity contribution in [3.63, 3.8) is 0 Å². The molecule has 1 aromatic carbocycles. The Morgan fingerprint density at radius 1 is 1.14 bits per heavy atom. The zero-order chi connectivity index (χ0) is 15.0. The number of rotatable bonds is 3. The first-order chi connectivity index (χ1) is 9.98. The highest BCUT2D eigenvalue weighted by molar-refractivity contribution is 9.10. The Morgan fingerprint density at radius 3 is 2.43 bits per heavy atom. The van der Waals surface area contributed by atoms with Gasteiger partial charge in [-0.05, 0) is 39.5 Å². The second kappa shape index (κ2) is 5.34. The van der Waals surface area contributed by atoms with Gasteiger partial charge in [-0.2, -0.15) is 0 Å². The maximum absolute atomic E-state index is 11.7. The summed E-state index contributed by atoms with van der Waals surface area (Å²) < 4.78 is 25.7. The summed E-state index contributed by atoms with van der Waals surface area (Å²) in [7, 11) is -3.99. The van der Waals surface area contributed by atoms with Crippen LogP contribution in [0.3, 0.4) is 0 Å². The number of hydrogen-bond donors (Lipinski definition) is 1. The van der Waals surface area contributed by atoms with E-state index in [0.717, 1.165) is 9.35 Å². The average Bonchev–Trinajstić information content (AvgIpc) is 3.04. The Balaban J connectivity index is 2.33. The van der Waals surface area contributed by atoms with Crippen LogP contribution in [-0.4, -0.2) is 23.2 Å². The maximum atomic E-state index is 11.7. The highest BCUT2D eigenvalue weighted by atomic mass is 79.9. The van der Waals surface area contributed by atoms with E-state index in [1.165, 1.54) is 15.9 Å². The second-order valence-electron chi connectivity index (χ2n) is 4.12. The van der Waals surface area contributed by atoms with Gasteiger partial charge in [0.1, 0.15) is 0 Å². The van der Waals surface area contributed by atoms with Crippen molar-refractivity contribution < 1.29 is 8.42 Å². The third kappa shape index (κ3) is 2.64. The van der Waals surface area contributed by atoms with Gasteiger partial charge in [0.05, 0.1) is 4.88 Å². The van der Waals surface area contributed by atoms with E-state index in [9.17, 15) is 8.42 Å². The molecule has 108 valence electrons. The summed E-state index contributed by atoms with van der Waals surface area (Å²) in [5, 5.41) is 14.6. The van der Waals surface area contributed by atoms with Crippen molar-refractivity contribution in [3.8, 4) is 16.4 Å². The van der Waals surface area contributed by atoms with E-state index in [1.54, 1.807) is 24.3 Å².